The van der Waals surface area contributed by atoms with Crippen LogP contribution < -0.4 is 10.1 Å². The van der Waals surface area contributed by atoms with Crippen molar-refractivity contribution in [3.05, 3.63) is 38.8 Å². The summed E-state index contributed by atoms with van der Waals surface area (Å²) in [5.41, 5.74) is 0.971. The van der Waals surface area contributed by atoms with Crippen molar-refractivity contribution in [1.82, 2.24) is 5.32 Å². The van der Waals surface area contributed by atoms with E-state index in [1.54, 1.807) is 12.1 Å². The maximum absolute atomic E-state index is 6.05. The summed E-state index contributed by atoms with van der Waals surface area (Å²) in [6.45, 7) is 8.21. The largest absolute Gasteiger partial charge is 0.488 e. The van der Waals surface area contributed by atoms with Gasteiger partial charge in [-0.15, -0.1) is 0 Å². The zero-order chi connectivity index (χ0) is 13.5. The Morgan fingerprint density at radius 1 is 1.39 bits per heavy atom. The van der Waals surface area contributed by atoms with E-state index < -0.39 is 0 Å². The maximum Gasteiger partial charge on any atom is 0.139 e. The molecule has 0 aromatic heterocycles. The fourth-order valence-electron chi connectivity index (χ4n) is 1.29. The third-order valence-corrected chi connectivity index (χ3v) is 3.70. The Morgan fingerprint density at radius 2 is 2.11 bits per heavy atom. The fourth-order valence-corrected chi connectivity index (χ4v) is 2.13. The van der Waals surface area contributed by atoms with Gasteiger partial charge in [0, 0.05) is 17.1 Å². The minimum absolute atomic E-state index is 0.425. The molecule has 0 saturated carbocycles. The zero-order valence-corrected chi connectivity index (χ0v) is 13.3. The second kappa shape index (κ2) is 8.05. The first kappa shape index (κ1) is 15.8. The van der Waals surface area contributed by atoms with E-state index >= 15 is 0 Å². The molecular formula is C13H16BrCl2NO. The van der Waals surface area contributed by atoms with Crippen molar-refractivity contribution in [1.29, 1.82) is 0 Å². The van der Waals surface area contributed by atoms with E-state index in [1.807, 2.05) is 0 Å². The first-order chi connectivity index (χ1) is 8.54. The van der Waals surface area contributed by atoms with Gasteiger partial charge in [0.2, 0.25) is 0 Å². The molecule has 0 radical (unpaired) electrons. The Kier molecular flexibility index (Phi) is 7.08. The summed E-state index contributed by atoms with van der Waals surface area (Å²) in [6.07, 6.45) is 1.10. The van der Waals surface area contributed by atoms with Crippen LogP contribution in [0.1, 0.15) is 13.3 Å². The summed E-state index contributed by atoms with van der Waals surface area (Å²) in [5.74, 6) is 0.571. The molecule has 0 saturated heterocycles. The van der Waals surface area contributed by atoms with Gasteiger partial charge in [0.25, 0.3) is 0 Å². The number of benzene rings is 1. The molecule has 0 atom stereocenters. The molecule has 5 heteroatoms. The predicted molar refractivity (Wildman–Crippen MR) is 82.0 cm³/mol. The molecule has 0 aliphatic heterocycles. The standard InChI is InChI=1S/C13H16BrCl2NO/c1-3-4-17-7-9(2)8-18-13-6-11(15)10(14)5-12(13)16/h5-6,17H,2-4,7-8H2,1H3. The highest BCUT2D eigenvalue weighted by atomic mass is 79.9. The van der Waals surface area contributed by atoms with Crippen molar-refractivity contribution in [3.63, 3.8) is 0 Å². The normalized spacial score (nSPS) is 10.4. The minimum Gasteiger partial charge on any atom is -0.488 e. The van der Waals surface area contributed by atoms with E-state index in [1.165, 1.54) is 0 Å². The maximum atomic E-state index is 6.05. The van der Waals surface area contributed by atoms with E-state index in [0.717, 1.165) is 29.6 Å². The molecule has 0 spiro atoms. The van der Waals surface area contributed by atoms with Gasteiger partial charge >= 0.3 is 0 Å². The van der Waals surface area contributed by atoms with Crippen LogP contribution in [0.15, 0.2) is 28.8 Å². The summed E-state index contributed by atoms with van der Waals surface area (Å²) in [7, 11) is 0. The van der Waals surface area contributed by atoms with Crippen molar-refractivity contribution in [2.45, 2.75) is 13.3 Å². The third-order valence-electron chi connectivity index (χ3n) is 2.21. The van der Waals surface area contributed by atoms with Crippen molar-refractivity contribution in [2.75, 3.05) is 19.7 Å². The number of halogens is 3. The van der Waals surface area contributed by atoms with E-state index in [-0.39, 0.29) is 0 Å². The van der Waals surface area contributed by atoms with Crippen LogP contribution in [-0.4, -0.2) is 19.7 Å². The van der Waals surface area contributed by atoms with Gasteiger partial charge in [0.15, 0.2) is 0 Å². The van der Waals surface area contributed by atoms with Crippen LogP contribution in [0.2, 0.25) is 10.0 Å². The molecule has 0 bridgehead atoms. The highest BCUT2D eigenvalue weighted by Gasteiger charge is 2.07. The van der Waals surface area contributed by atoms with E-state index in [2.05, 4.69) is 34.7 Å². The number of ether oxygens (including phenoxy) is 1. The fraction of sp³-hybridized carbons (Fsp3) is 0.385. The van der Waals surface area contributed by atoms with Crippen molar-refractivity contribution < 1.29 is 4.74 Å². The topological polar surface area (TPSA) is 21.3 Å². The zero-order valence-electron chi connectivity index (χ0n) is 10.2. The monoisotopic (exact) mass is 351 g/mol. The lowest BCUT2D eigenvalue weighted by molar-refractivity contribution is 0.348. The molecule has 1 rings (SSSR count). The Hall–Kier alpha value is -0.220. The Balaban J connectivity index is 2.48. The summed E-state index contributed by atoms with van der Waals surface area (Å²) >= 11 is 15.3. The molecule has 100 valence electrons. The van der Waals surface area contributed by atoms with Gasteiger partial charge in [-0.3, -0.25) is 0 Å². The van der Waals surface area contributed by atoms with E-state index in [4.69, 9.17) is 27.9 Å². The Labute approximate surface area is 126 Å². The smallest absolute Gasteiger partial charge is 0.139 e. The SMILES string of the molecule is C=C(CNCCC)COc1cc(Cl)c(Br)cc1Cl. The van der Waals surface area contributed by atoms with Crippen LogP contribution in [0.3, 0.4) is 0 Å². The highest BCUT2D eigenvalue weighted by Crippen LogP contribution is 2.34. The number of hydrogen-bond acceptors (Lipinski definition) is 2. The van der Waals surface area contributed by atoms with Gasteiger partial charge in [-0.1, -0.05) is 36.7 Å². The van der Waals surface area contributed by atoms with Crippen molar-refractivity contribution in [2.24, 2.45) is 0 Å². The van der Waals surface area contributed by atoms with Gasteiger partial charge < -0.3 is 10.1 Å². The lowest BCUT2D eigenvalue weighted by Gasteiger charge is -2.11. The summed E-state index contributed by atoms with van der Waals surface area (Å²) < 4.78 is 6.34. The lowest BCUT2D eigenvalue weighted by atomic mass is 10.3. The van der Waals surface area contributed by atoms with Crippen LogP contribution in [-0.2, 0) is 0 Å². The first-order valence-electron chi connectivity index (χ1n) is 5.69. The van der Waals surface area contributed by atoms with Crippen molar-refractivity contribution >= 4 is 39.1 Å². The molecule has 2 nitrogen and oxygen atoms in total. The quantitative estimate of drug-likeness (QED) is 0.436. The predicted octanol–water partition coefficient (Wildman–Crippen LogP) is 4.69. The number of hydrogen-bond donors (Lipinski definition) is 1. The summed E-state index contributed by atoms with van der Waals surface area (Å²) in [4.78, 5) is 0. The Bertz CT molecular complexity index is 424. The second-order valence-electron chi connectivity index (χ2n) is 3.91. The molecule has 0 unspecified atom stereocenters. The van der Waals surface area contributed by atoms with Gasteiger partial charge in [0.05, 0.1) is 10.0 Å². The molecule has 0 amide bonds. The van der Waals surface area contributed by atoms with Gasteiger partial charge in [0.1, 0.15) is 12.4 Å². The molecule has 0 aliphatic rings. The molecule has 1 aromatic rings. The summed E-state index contributed by atoms with van der Waals surface area (Å²) in [6, 6.07) is 3.41. The molecular weight excluding hydrogens is 337 g/mol. The van der Waals surface area contributed by atoms with Crippen LogP contribution in [0, 0.1) is 0 Å². The Morgan fingerprint density at radius 3 is 2.78 bits per heavy atom. The van der Waals surface area contributed by atoms with Crippen molar-refractivity contribution in [3.8, 4) is 5.75 Å². The third kappa shape index (κ3) is 5.19. The highest BCUT2D eigenvalue weighted by molar-refractivity contribution is 9.10. The molecule has 0 heterocycles. The average Bonchev–Trinajstić information content (AvgIpc) is 2.32. The number of rotatable bonds is 7. The van der Waals surface area contributed by atoms with Crippen LogP contribution >= 0.6 is 39.1 Å². The average molecular weight is 353 g/mol. The first-order valence-corrected chi connectivity index (χ1v) is 7.24. The number of nitrogens with one attached hydrogen (secondary N) is 1. The minimum atomic E-state index is 0.425. The second-order valence-corrected chi connectivity index (χ2v) is 5.58. The molecule has 0 fully saturated rings. The van der Waals surface area contributed by atoms with Gasteiger partial charge in [-0.05, 0) is 40.5 Å². The molecule has 1 aromatic carbocycles. The van der Waals surface area contributed by atoms with Crippen LogP contribution in [0.25, 0.3) is 0 Å². The summed E-state index contributed by atoms with van der Waals surface area (Å²) in [5, 5.41) is 4.36. The molecule has 0 aliphatic carbocycles. The van der Waals surface area contributed by atoms with E-state index in [0.29, 0.717) is 22.4 Å². The van der Waals surface area contributed by atoms with Gasteiger partial charge in [-0.25, -0.2) is 0 Å². The van der Waals surface area contributed by atoms with E-state index in [9.17, 15) is 0 Å². The lowest BCUT2D eigenvalue weighted by Crippen LogP contribution is -2.20. The molecule has 1 N–H and O–H groups in total. The van der Waals surface area contributed by atoms with Crippen LogP contribution in [0.5, 0.6) is 5.75 Å². The molecule has 18 heavy (non-hydrogen) atoms. The van der Waals surface area contributed by atoms with Gasteiger partial charge in [-0.2, -0.15) is 0 Å². The van der Waals surface area contributed by atoms with Crippen LogP contribution in [0.4, 0.5) is 0 Å².